The molecule has 0 saturated carbocycles. The van der Waals surface area contributed by atoms with Crippen LogP contribution in [0.1, 0.15) is 5.56 Å². The lowest BCUT2D eigenvalue weighted by Gasteiger charge is -2.08. The number of hydrogen-bond donors (Lipinski definition) is 1. The van der Waals surface area contributed by atoms with E-state index in [4.69, 9.17) is 16.0 Å². The van der Waals surface area contributed by atoms with Gasteiger partial charge in [0.25, 0.3) is 11.6 Å². The van der Waals surface area contributed by atoms with E-state index in [9.17, 15) is 20.2 Å². The van der Waals surface area contributed by atoms with Crippen molar-refractivity contribution in [2.75, 3.05) is 5.32 Å². The van der Waals surface area contributed by atoms with E-state index in [2.05, 4.69) is 10.3 Å². The van der Waals surface area contributed by atoms with Gasteiger partial charge in [-0.1, -0.05) is 35.9 Å². The molecule has 0 aliphatic rings. The Bertz CT molecular complexity index is 1420. The molecule has 0 unspecified atom stereocenters. The molecule has 0 fully saturated rings. The molecule has 0 atom stereocenters. The summed E-state index contributed by atoms with van der Waals surface area (Å²) in [5, 5.41) is 23.7. The number of non-ortho nitro benzene ring substituents is 1. The minimum atomic E-state index is -0.610. The monoisotopic (exact) mass is 444 g/mol. The van der Waals surface area contributed by atoms with Gasteiger partial charge in [0.2, 0.25) is 5.89 Å². The normalized spacial score (nSPS) is 11.2. The van der Waals surface area contributed by atoms with Crippen LogP contribution in [0.15, 0.2) is 76.7 Å². The molecule has 156 valence electrons. The Morgan fingerprint density at radius 2 is 1.91 bits per heavy atom. The summed E-state index contributed by atoms with van der Waals surface area (Å²) in [7, 11) is 0. The van der Waals surface area contributed by atoms with Crippen molar-refractivity contribution in [3.05, 3.63) is 93.0 Å². The molecule has 8 nitrogen and oxygen atoms in total. The van der Waals surface area contributed by atoms with Crippen LogP contribution in [-0.2, 0) is 4.79 Å². The van der Waals surface area contributed by atoms with Gasteiger partial charge in [-0.25, -0.2) is 4.98 Å². The number of amides is 1. The maximum Gasteiger partial charge on any atom is 0.271 e. The molecule has 0 bridgehead atoms. The fraction of sp³-hybridized carbons (Fsp3) is 0. The number of nitro groups is 1. The number of carbonyl (C=O) groups excluding carboxylic acids is 1. The maximum atomic E-state index is 12.7. The van der Waals surface area contributed by atoms with Gasteiger partial charge in [0.1, 0.15) is 17.2 Å². The number of para-hydroxylation sites is 1. The number of fused-ring (bicyclic) bond motifs is 1. The highest BCUT2D eigenvalue weighted by Crippen LogP contribution is 2.31. The third-order valence-electron chi connectivity index (χ3n) is 4.53. The van der Waals surface area contributed by atoms with Crippen LogP contribution in [0.25, 0.3) is 28.6 Å². The smallest absolute Gasteiger partial charge is 0.271 e. The lowest BCUT2D eigenvalue weighted by atomic mass is 10.1. The highest BCUT2D eigenvalue weighted by atomic mass is 35.5. The lowest BCUT2D eigenvalue weighted by Crippen LogP contribution is -2.14. The molecular formula is C23H13ClN4O4. The van der Waals surface area contributed by atoms with E-state index in [0.717, 1.165) is 0 Å². The van der Waals surface area contributed by atoms with Gasteiger partial charge < -0.3 is 9.73 Å². The zero-order valence-corrected chi connectivity index (χ0v) is 17.0. The third-order valence-corrected chi connectivity index (χ3v) is 4.79. The molecule has 1 heterocycles. The standard InChI is InChI=1S/C23H13ClN4O4/c24-16-7-5-14(6-8-16)11-15(13-25)22(29)26-19-4-2-1-3-18(19)23-27-20-12-17(28(30)31)9-10-21(20)32-23/h1-12H,(H,26,29). The Labute approximate surface area is 186 Å². The summed E-state index contributed by atoms with van der Waals surface area (Å²) in [5.74, 6) is -0.432. The summed E-state index contributed by atoms with van der Waals surface area (Å²) in [5.41, 5.74) is 1.96. The average molecular weight is 445 g/mol. The molecule has 9 heteroatoms. The van der Waals surface area contributed by atoms with Crippen LogP contribution in [0.5, 0.6) is 0 Å². The quantitative estimate of drug-likeness (QED) is 0.185. The highest BCUT2D eigenvalue weighted by Gasteiger charge is 2.17. The minimum absolute atomic E-state index is 0.102. The Balaban J connectivity index is 1.66. The molecule has 0 saturated heterocycles. The predicted molar refractivity (Wildman–Crippen MR) is 120 cm³/mol. The molecule has 0 aliphatic carbocycles. The third kappa shape index (κ3) is 4.33. The summed E-state index contributed by atoms with van der Waals surface area (Å²) in [4.78, 5) is 27.5. The predicted octanol–water partition coefficient (Wildman–Crippen LogP) is 5.60. The molecule has 32 heavy (non-hydrogen) atoms. The number of nitro benzene ring substituents is 1. The molecule has 0 radical (unpaired) electrons. The van der Waals surface area contributed by atoms with Crippen LogP contribution in [0, 0.1) is 21.4 Å². The molecule has 1 aromatic heterocycles. The van der Waals surface area contributed by atoms with Gasteiger partial charge >= 0.3 is 0 Å². The highest BCUT2D eigenvalue weighted by molar-refractivity contribution is 6.30. The first-order chi connectivity index (χ1) is 15.4. The summed E-state index contributed by atoms with van der Waals surface area (Å²) in [6.45, 7) is 0. The Morgan fingerprint density at radius 1 is 1.16 bits per heavy atom. The van der Waals surface area contributed by atoms with Crippen molar-refractivity contribution in [3.63, 3.8) is 0 Å². The van der Waals surface area contributed by atoms with Crippen molar-refractivity contribution in [1.82, 2.24) is 4.98 Å². The van der Waals surface area contributed by atoms with Crippen molar-refractivity contribution >= 4 is 46.1 Å². The van der Waals surface area contributed by atoms with E-state index < -0.39 is 10.8 Å². The minimum Gasteiger partial charge on any atom is -0.436 e. The van der Waals surface area contributed by atoms with Crippen LogP contribution in [-0.4, -0.2) is 15.8 Å². The molecule has 0 aliphatic heterocycles. The van der Waals surface area contributed by atoms with Gasteiger partial charge in [0, 0.05) is 17.2 Å². The Morgan fingerprint density at radius 3 is 2.62 bits per heavy atom. The van der Waals surface area contributed by atoms with Crippen LogP contribution in [0.2, 0.25) is 5.02 Å². The molecule has 4 rings (SSSR count). The van der Waals surface area contributed by atoms with E-state index in [-0.39, 0.29) is 17.2 Å². The Kier molecular flexibility index (Phi) is 5.66. The number of rotatable bonds is 5. The first kappa shape index (κ1) is 20.8. The average Bonchev–Trinajstić information content (AvgIpc) is 3.22. The summed E-state index contributed by atoms with van der Waals surface area (Å²) in [6, 6.07) is 19.5. The summed E-state index contributed by atoms with van der Waals surface area (Å²) in [6.07, 6.45) is 1.45. The molecule has 4 aromatic rings. The number of nitrogens with zero attached hydrogens (tertiary/aromatic N) is 3. The molecule has 1 N–H and O–H groups in total. The van der Waals surface area contributed by atoms with E-state index in [0.29, 0.717) is 32.9 Å². The largest absolute Gasteiger partial charge is 0.436 e. The van der Waals surface area contributed by atoms with Gasteiger partial charge in [-0.3, -0.25) is 14.9 Å². The number of aromatic nitrogens is 1. The summed E-state index contributed by atoms with van der Waals surface area (Å²) >= 11 is 5.87. The second-order valence-corrected chi connectivity index (χ2v) is 7.09. The van der Waals surface area contributed by atoms with E-state index in [1.54, 1.807) is 48.5 Å². The zero-order valence-electron chi connectivity index (χ0n) is 16.3. The number of hydrogen-bond acceptors (Lipinski definition) is 6. The van der Waals surface area contributed by atoms with Crippen LogP contribution in [0.4, 0.5) is 11.4 Å². The molecule has 0 spiro atoms. The van der Waals surface area contributed by atoms with E-state index in [1.165, 1.54) is 24.3 Å². The van der Waals surface area contributed by atoms with Crippen molar-refractivity contribution in [3.8, 4) is 17.5 Å². The zero-order chi connectivity index (χ0) is 22.7. The van der Waals surface area contributed by atoms with Crippen LogP contribution >= 0.6 is 11.6 Å². The van der Waals surface area contributed by atoms with Gasteiger partial charge in [-0.2, -0.15) is 5.26 Å². The van der Waals surface area contributed by atoms with E-state index in [1.807, 2.05) is 6.07 Å². The second kappa shape index (κ2) is 8.71. The number of nitrogens with one attached hydrogen (secondary N) is 1. The van der Waals surface area contributed by atoms with Crippen molar-refractivity contribution in [1.29, 1.82) is 5.26 Å². The number of carbonyl (C=O) groups is 1. The fourth-order valence-electron chi connectivity index (χ4n) is 2.99. The van der Waals surface area contributed by atoms with Gasteiger partial charge in [0.15, 0.2) is 5.58 Å². The fourth-order valence-corrected chi connectivity index (χ4v) is 3.11. The number of anilines is 1. The van der Waals surface area contributed by atoms with Gasteiger partial charge in [-0.05, 0) is 42.0 Å². The molecule has 3 aromatic carbocycles. The molecule has 1 amide bonds. The van der Waals surface area contributed by atoms with Crippen molar-refractivity contribution in [2.45, 2.75) is 0 Å². The van der Waals surface area contributed by atoms with Gasteiger partial charge in [0.05, 0.1) is 16.2 Å². The SMILES string of the molecule is N#CC(=Cc1ccc(Cl)cc1)C(=O)Nc1ccccc1-c1nc2cc([N+](=O)[O-])ccc2o1. The summed E-state index contributed by atoms with van der Waals surface area (Å²) < 4.78 is 5.73. The Hall–Kier alpha value is -4.48. The topological polar surface area (TPSA) is 122 Å². The number of halogens is 1. The number of benzene rings is 3. The molecular weight excluding hydrogens is 432 g/mol. The van der Waals surface area contributed by atoms with Gasteiger partial charge in [-0.15, -0.1) is 0 Å². The number of oxazole rings is 1. The second-order valence-electron chi connectivity index (χ2n) is 6.65. The first-order valence-electron chi connectivity index (χ1n) is 9.28. The lowest BCUT2D eigenvalue weighted by molar-refractivity contribution is -0.384. The number of nitriles is 1. The van der Waals surface area contributed by atoms with Crippen molar-refractivity contribution < 1.29 is 14.1 Å². The van der Waals surface area contributed by atoms with Crippen LogP contribution < -0.4 is 5.32 Å². The maximum absolute atomic E-state index is 12.7. The first-order valence-corrected chi connectivity index (χ1v) is 9.65. The van der Waals surface area contributed by atoms with Crippen LogP contribution in [0.3, 0.4) is 0 Å². The van der Waals surface area contributed by atoms with Crippen molar-refractivity contribution in [2.24, 2.45) is 0 Å². The van der Waals surface area contributed by atoms with E-state index >= 15 is 0 Å².